The zero-order valence-electron chi connectivity index (χ0n) is 11.0. The molecule has 0 saturated heterocycles. The fourth-order valence-corrected chi connectivity index (χ4v) is 3.59. The number of halogens is 2. The second-order valence-corrected chi connectivity index (χ2v) is 6.93. The maximum Gasteiger partial charge on any atom is 0.242 e. The average molecular weight is 350 g/mol. The number of nitrogens with one attached hydrogen (secondary N) is 1. The molecule has 114 valence electrons. The van der Waals surface area contributed by atoms with E-state index in [0.717, 1.165) is 0 Å². The van der Waals surface area contributed by atoms with Gasteiger partial charge in [-0.2, -0.15) is 5.10 Å². The molecule has 0 aliphatic rings. The summed E-state index contributed by atoms with van der Waals surface area (Å²) in [5.74, 6) is 0. The van der Waals surface area contributed by atoms with Crippen LogP contribution in [0, 0.1) is 0 Å². The van der Waals surface area contributed by atoms with E-state index < -0.39 is 10.0 Å². The number of rotatable bonds is 5. The van der Waals surface area contributed by atoms with Gasteiger partial charge in [-0.25, -0.2) is 13.1 Å². The van der Waals surface area contributed by atoms with Crippen molar-refractivity contribution in [1.82, 2.24) is 14.5 Å². The summed E-state index contributed by atoms with van der Waals surface area (Å²) in [6.45, 7) is -0.287. The van der Waals surface area contributed by atoms with Crippen molar-refractivity contribution in [3.63, 3.8) is 0 Å². The molecule has 0 unspecified atom stereocenters. The lowest BCUT2D eigenvalue weighted by atomic mass is 10.2. The Morgan fingerprint density at radius 2 is 2.05 bits per heavy atom. The normalized spacial score (nSPS) is 11.8. The minimum atomic E-state index is -3.82. The number of aliphatic hydroxyl groups is 1. The van der Waals surface area contributed by atoms with Crippen LogP contribution < -0.4 is 4.72 Å². The summed E-state index contributed by atoms with van der Waals surface area (Å²) < 4.78 is 28.5. The fraction of sp³-hybridized carbons (Fsp3) is 0.250. The fourth-order valence-electron chi connectivity index (χ4n) is 1.72. The van der Waals surface area contributed by atoms with Crippen LogP contribution in [0.2, 0.25) is 10.0 Å². The third-order valence-electron chi connectivity index (χ3n) is 2.79. The van der Waals surface area contributed by atoms with Crippen LogP contribution in [0.15, 0.2) is 29.4 Å². The zero-order valence-corrected chi connectivity index (χ0v) is 13.4. The van der Waals surface area contributed by atoms with Gasteiger partial charge in [-0.05, 0) is 17.7 Å². The second kappa shape index (κ2) is 6.33. The second-order valence-electron chi connectivity index (χ2n) is 4.38. The van der Waals surface area contributed by atoms with Gasteiger partial charge in [0.25, 0.3) is 0 Å². The summed E-state index contributed by atoms with van der Waals surface area (Å²) in [7, 11) is -2.08. The highest BCUT2D eigenvalue weighted by atomic mass is 35.5. The van der Waals surface area contributed by atoms with Crippen molar-refractivity contribution < 1.29 is 13.5 Å². The monoisotopic (exact) mass is 349 g/mol. The third-order valence-corrected chi connectivity index (χ3v) is 5.00. The Morgan fingerprint density at radius 1 is 1.33 bits per heavy atom. The van der Waals surface area contributed by atoms with E-state index >= 15 is 0 Å². The van der Waals surface area contributed by atoms with Crippen LogP contribution in [0.25, 0.3) is 0 Å². The first kappa shape index (κ1) is 16.3. The van der Waals surface area contributed by atoms with Crippen LogP contribution in [0.5, 0.6) is 0 Å². The topological polar surface area (TPSA) is 84.2 Å². The number of nitrogens with zero attached hydrogens (tertiary/aromatic N) is 2. The lowest BCUT2D eigenvalue weighted by Crippen LogP contribution is -2.23. The van der Waals surface area contributed by atoms with Crippen molar-refractivity contribution in [2.75, 3.05) is 0 Å². The molecule has 0 radical (unpaired) electrons. The van der Waals surface area contributed by atoms with Crippen molar-refractivity contribution in [2.45, 2.75) is 18.0 Å². The summed E-state index contributed by atoms with van der Waals surface area (Å²) in [6, 6.07) is 2.56. The number of hydrogen-bond acceptors (Lipinski definition) is 4. The summed E-state index contributed by atoms with van der Waals surface area (Å²) in [5, 5.41) is 13.3. The first-order chi connectivity index (χ1) is 9.83. The molecule has 2 aromatic rings. The Labute approximate surface area is 132 Å². The number of aliphatic hydroxyl groups excluding tert-OH is 1. The number of hydrogen-bond donors (Lipinski definition) is 2. The maximum absolute atomic E-state index is 12.3. The van der Waals surface area contributed by atoms with Gasteiger partial charge in [0.15, 0.2) is 0 Å². The molecular weight excluding hydrogens is 337 g/mol. The molecule has 0 amide bonds. The van der Waals surface area contributed by atoms with Crippen molar-refractivity contribution in [1.29, 1.82) is 0 Å². The molecule has 6 nitrogen and oxygen atoms in total. The van der Waals surface area contributed by atoms with Crippen molar-refractivity contribution in [3.8, 4) is 0 Å². The number of benzene rings is 1. The summed E-state index contributed by atoms with van der Waals surface area (Å²) in [4.78, 5) is -0.124. The lowest BCUT2D eigenvalue weighted by Gasteiger charge is -2.10. The molecular formula is C12H13Cl2N3O3S. The number of aryl methyl sites for hydroxylation is 1. The predicted molar refractivity (Wildman–Crippen MR) is 79.6 cm³/mol. The molecule has 1 aromatic carbocycles. The van der Waals surface area contributed by atoms with Crippen molar-refractivity contribution >= 4 is 33.2 Å². The van der Waals surface area contributed by atoms with Gasteiger partial charge in [-0.3, -0.25) is 4.68 Å². The van der Waals surface area contributed by atoms with E-state index in [1.54, 1.807) is 24.1 Å². The predicted octanol–water partition coefficient (Wildman–Crippen LogP) is 1.70. The van der Waals surface area contributed by atoms with Gasteiger partial charge in [0.2, 0.25) is 10.0 Å². The van der Waals surface area contributed by atoms with E-state index in [2.05, 4.69) is 9.82 Å². The third kappa shape index (κ3) is 3.75. The van der Waals surface area contributed by atoms with E-state index in [1.165, 1.54) is 12.1 Å². The molecule has 1 heterocycles. The lowest BCUT2D eigenvalue weighted by molar-refractivity contribution is 0.281. The van der Waals surface area contributed by atoms with E-state index in [-0.39, 0.29) is 28.1 Å². The highest BCUT2D eigenvalue weighted by Crippen LogP contribution is 2.28. The van der Waals surface area contributed by atoms with Crippen LogP contribution in [-0.2, 0) is 30.2 Å². The smallest absolute Gasteiger partial charge is 0.242 e. The molecule has 0 saturated carbocycles. The highest BCUT2D eigenvalue weighted by Gasteiger charge is 2.20. The van der Waals surface area contributed by atoms with E-state index in [4.69, 9.17) is 28.3 Å². The Morgan fingerprint density at radius 3 is 2.62 bits per heavy atom. The Hall–Kier alpha value is -1.12. The number of aromatic nitrogens is 2. The van der Waals surface area contributed by atoms with Gasteiger partial charge >= 0.3 is 0 Å². The Kier molecular flexibility index (Phi) is 4.90. The molecule has 9 heteroatoms. The molecule has 0 spiro atoms. The first-order valence-electron chi connectivity index (χ1n) is 5.89. The van der Waals surface area contributed by atoms with Gasteiger partial charge in [-0.1, -0.05) is 23.2 Å². The molecule has 1 aromatic heterocycles. The van der Waals surface area contributed by atoms with Crippen molar-refractivity contribution in [2.24, 2.45) is 7.05 Å². The molecule has 0 fully saturated rings. The van der Waals surface area contributed by atoms with Gasteiger partial charge in [0.05, 0.1) is 17.8 Å². The Bertz CT molecular complexity index is 759. The molecule has 0 bridgehead atoms. The minimum absolute atomic E-state index is 0.00381. The summed E-state index contributed by atoms with van der Waals surface area (Å²) >= 11 is 11.8. The van der Waals surface area contributed by atoms with Crippen LogP contribution in [0.1, 0.15) is 11.1 Å². The average Bonchev–Trinajstić information content (AvgIpc) is 2.82. The van der Waals surface area contributed by atoms with Gasteiger partial charge < -0.3 is 5.11 Å². The van der Waals surface area contributed by atoms with Crippen LogP contribution in [0.3, 0.4) is 0 Å². The van der Waals surface area contributed by atoms with Crippen LogP contribution in [0.4, 0.5) is 0 Å². The summed E-state index contributed by atoms with van der Waals surface area (Å²) in [5.41, 5.74) is 1.01. The molecule has 21 heavy (non-hydrogen) atoms. The van der Waals surface area contributed by atoms with Gasteiger partial charge in [-0.15, -0.1) is 0 Å². The highest BCUT2D eigenvalue weighted by molar-refractivity contribution is 7.89. The molecule has 0 aliphatic carbocycles. The zero-order chi connectivity index (χ0) is 15.6. The van der Waals surface area contributed by atoms with Crippen molar-refractivity contribution in [3.05, 3.63) is 45.7 Å². The van der Waals surface area contributed by atoms with E-state index in [0.29, 0.717) is 11.1 Å². The molecule has 0 aliphatic heterocycles. The Balaban J connectivity index is 2.27. The first-order valence-corrected chi connectivity index (χ1v) is 8.13. The minimum Gasteiger partial charge on any atom is -0.392 e. The quantitative estimate of drug-likeness (QED) is 0.860. The standard InChI is InChI=1S/C12H13Cl2N3O3S/c1-17-6-8(4-15-17)5-16-21(19,20)12-2-9(7-18)10(13)3-11(12)14/h2-4,6,16,18H,5,7H2,1H3. The molecule has 2 rings (SSSR count). The molecule has 0 atom stereocenters. The summed E-state index contributed by atoms with van der Waals surface area (Å²) in [6.07, 6.45) is 3.26. The van der Waals surface area contributed by atoms with E-state index in [9.17, 15) is 8.42 Å². The van der Waals surface area contributed by atoms with Gasteiger partial charge in [0.1, 0.15) is 4.90 Å². The SMILES string of the molecule is Cn1cc(CNS(=O)(=O)c2cc(CO)c(Cl)cc2Cl)cn1. The van der Waals surface area contributed by atoms with Crippen LogP contribution >= 0.6 is 23.2 Å². The van der Waals surface area contributed by atoms with Gasteiger partial charge in [0, 0.05) is 30.4 Å². The molecule has 2 N–H and O–H groups in total. The maximum atomic E-state index is 12.3. The van der Waals surface area contributed by atoms with E-state index in [1.807, 2.05) is 0 Å². The largest absolute Gasteiger partial charge is 0.392 e. The van der Waals surface area contributed by atoms with Crippen LogP contribution in [-0.4, -0.2) is 23.3 Å². The number of sulfonamides is 1.